The van der Waals surface area contributed by atoms with Gasteiger partial charge in [0, 0.05) is 29.4 Å². The number of unbranched alkanes of at least 4 members (excludes halogenated alkanes) is 5. The average Bonchev–Trinajstić information content (AvgIpc) is 3.55. The Balaban J connectivity index is 1.39. The monoisotopic (exact) mass is 599 g/mol. The third kappa shape index (κ3) is 7.36. The molecule has 0 radical (unpaired) electrons. The molecule has 3 aromatic carbocycles. The van der Waals surface area contributed by atoms with Crippen LogP contribution in [0, 0.1) is 5.82 Å². The van der Waals surface area contributed by atoms with Crippen LogP contribution in [0.4, 0.5) is 4.39 Å². The zero-order valence-electron chi connectivity index (χ0n) is 23.7. The predicted octanol–water partition coefficient (Wildman–Crippen LogP) is 8.82. The Labute approximate surface area is 256 Å². The van der Waals surface area contributed by atoms with Gasteiger partial charge in [-0.25, -0.2) is 9.07 Å². The van der Waals surface area contributed by atoms with E-state index in [1.54, 1.807) is 23.1 Å². The summed E-state index contributed by atoms with van der Waals surface area (Å²) in [5.41, 5.74) is 3.71. The van der Waals surface area contributed by atoms with E-state index in [0.717, 1.165) is 29.7 Å². The van der Waals surface area contributed by atoms with Gasteiger partial charge in [0.1, 0.15) is 28.2 Å². The highest BCUT2D eigenvalue weighted by atomic mass is 32.2. The molecule has 216 valence electrons. The van der Waals surface area contributed by atoms with Crippen molar-refractivity contribution >= 4 is 40.3 Å². The molecule has 4 aromatic rings. The quantitative estimate of drug-likeness (QED) is 0.0873. The van der Waals surface area contributed by atoms with Gasteiger partial charge in [-0.05, 0) is 42.8 Å². The second-order valence-electron chi connectivity index (χ2n) is 10.2. The van der Waals surface area contributed by atoms with Crippen LogP contribution >= 0.6 is 24.0 Å². The molecule has 1 amide bonds. The van der Waals surface area contributed by atoms with Gasteiger partial charge in [0.25, 0.3) is 5.91 Å². The molecule has 0 spiro atoms. The highest BCUT2D eigenvalue weighted by molar-refractivity contribution is 8.26. The van der Waals surface area contributed by atoms with Crippen molar-refractivity contribution < 1.29 is 13.9 Å². The number of ether oxygens (including phenoxy) is 1. The van der Waals surface area contributed by atoms with Crippen molar-refractivity contribution in [3.63, 3.8) is 0 Å². The van der Waals surface area contributed by atoms with E-state index in [2.05, 4.69) is 6.92 Å². The Hall–Kier alpha value is -3.75. The summed E-state index contributed by atoms with van der Waals surface area (Å²) in [7, 11) is 0. The number of halogens is 1. The van der Waals surface area contributed by atoms with Crippen LogP contribution in [-0.2, 0) is 11.4 Å². The van der Waals surface area contributed by atoms with Crippen LogP contribution < -0.4 is 4.74 Å². The molecule has 0 unspecified atom stereocenters. The number of amides is 1. The van der Waals surface area contributed by atoms with E-state index in [0.29, 0.717) is 32.8 Å². The summed E-state index contributed by atoms with van der Waals surface area (Å²) in [5.74, 6) is 0.242. The van der Waals surface area contributed by atoms with Crippen molar-refractivity contribution in [1.82, 2.24) is 14.7 Å². The maximum Gasteiger partial charge on any atom is 0.266 e. The van der Waals surface area contributed by atoms with Gasteiger partial charge in [-0.2, -0.15) is 5.10 Å². The van der Waals surface area contributed by atoms with E-state index in [1.807, 2.05) is 71.6 Å². The Morgan fingerprint density at radius 2 is 1.71 bits per heavy atom. The first-order valence-electron chi connectivity index (χ1n) is 14.4. The van der Waals surface area contributed by atoms with E-state index in [9.17, 15) is 9.18 Å². The standard InChI is InChI=1S/C34H34FN3O2S2/c1-2-3-4-5-6-12-20-37-33(39)31(42-34(37)41)22-27-23-38(28-16-8-7-9-17-28)36-32(27)25-15-13-18-29(21-25)40-24-26-14-10-11-19-30(26)35/h7-11,13-19,21-23H,2-6,12,20,24H2,1H3. The number of thioether (sulfide) groups is 1. The third-order valence-corrected chi connectivity index (χ3v) is 8.50. The molecule has 5 nitrogen and oxygen atoms in total. The molecule has 2 heterocycles. The number of para-hydroxylation sites is 1. The minimum absolute atomic E-state index is 0.0565. The van der Waals surface area contributed by atoms with Crippen molar-refractivity contribution in [1.29, 1.82) is 0 Å². The molecule has 0 N–H and O–H groups in total. The summed E-state index contributed by atoms with van der Waals surface area (Å²) in [5, 5.41) is 4.90. The van der Waals surface area contributed by atoms with Crippen molar-refractivity contribution in [2.75, 3.05) is 6.54 Å². The van der Waals surface area contributed by atoms with Gasteiger partial charge in [-0.15, -0.1) is 0 Å². The first-order valence-corrected chi connectivity index (χ1v) is 15.6. The molecule has 8 heteroatoms. The zero-order valence-corrected chi connectivity index (χ0v) is 25.3. The van der Waals surface area contributed by atoms with E-state index >= 15 is 0 Å². The van der Waals surface area contributed by atoms with Crippen LogP contribution in [-0.4, -0.2) is 31.5 Å². The molecule has 0 atom stereocenters. The van der Waals surface area contributed by atoms with Gasteiger partial charge >= 0.3 is 0 Å². The molecule has 1 fully saturated rings. The summed E-state index contributed by atoms with van der Waals surface area (Å²) < 4.78 is 22.5. The molecular formula is C34H34FN3O2S2. The van der Waals surface area contributed by atoms with E-state index < -0.39 is 0 Å². The smallest absolute Gasteiger partial charge is 0.266 e. The molecule has 0 bridgehead atoms. The highest BCUT2D eigenvalue weighted by Crippen LogP contribution is 2.35. The third-order valence-electron chi connectivity index (χ3n) is 7.12. The lowest BCUT2D eigenvalue weighted by Gasteiger charge is -2.14. The maximum absolute atomic E-state index is 14.1. The SMILES string of the molecule is CCCCCCCCN1C(=O)C(=Cc2cn(-c3ccccc3)nc2-c2cccc(OCc3ccccc3F)c2)SC1=S. The van der Waals surface area contributed by atoms with E-state index in [4.69, 9.17) is 22.1 Å². The first kappa shape index (κ1) is 29.7. The number of nitrogens with zero attached hydrogens (tertiary/aromatic N) is 3. The summed E-state index contributed by atoms with van der Waals surface area (Å²) in [6, 6.07) is 24.0. The number of benzene rings is 3. The highest BCUT2D eigenvalue weighted by Gasteiger charge is 2.32. The van der Waals surface area contributed by atoms with Gasteiger partial charge in [-0.1, -0.05) is 112 Å². The molecule has 0 saturated carbocycles. The normalized spacial score (nSPS) is 14.2. The molecule has 5 rings (SSSR count). The Kier molecular flexibility index (Phi) is 10.2. The molecule has 1 saturated heterocycles. The first-order chi connectivity index (χ1) is 20.5. The molecule has 0 aliphatic carbocycles. The fourth-order valence-corrected chi connectivity index (χ4v) is 6.12. The second-order valence-corrected chi connectivity index (χ2v) is 11.9. The van der Waals surface area contributed by atoms with Crippen LogP contribution in [0.1, 0.15) is 56.6 Å². The summed E-state index contributed by atoms with van der Waals surface area (Å²) in [4.78, 5) is 15.7. The molecular weight excluding hydrogens is 566 g/mol. The van der Waals surface area contributed by atoms with Gasteiger partial charge in [0.15, 0.2) is 0 Å². The van der Waals surface area contributed by atoms with Crippen molar-refractivity contribution in [3.05, 3.63) is 107 Å². The minimum Gasteiger partial charge on any atom is -0.489 e. The lowest BCUT2D eigenvalue weighted by molar-refractivity contribution is -0.122. The molecule has 1 aromatic heterocycles. The Morgan fingerprint density at radius 3 is 2.52 bits per heavy atom. The number of thiocarbonyl (C=S) groups is 1. The summed E-state index contributed by atoms with van der Waals surface area (Å²) in [6.07, 6.45) is 10.7. The van der Waals surface area contributed by atoms with Gasteiger partial charge in [0.2, 0.25) is 0 Å². The predicted molar refractivity (Wildman–Crippen MR) is 173 cm³/mol. The van der Waals surface area contributed by atoms with Crippen LogP contribution in [0.3, 0.4) is 0 Å². The lowest BCUT2D eigenvalue weighted by atomic mass is 10.1. The summed E-state index contributed by atoms with van der Waals surface area (Å²) in [6.45, 7) is 2.97. The Bertz CT molecular complexity index is 1570. The van der Waals surface area contributed by atoms with Crippen molar-refractivity contribution in [3.8, 4) is 22.7 Å². The fourth-order valence-electron chi connectivity index (χ4n) is 4.82. The molecule has 1 aliphatic heterocycles. The zero-order chi connectivity index (χ0) is 29.3. The fraction of sp³-hybridized carbons (Fsp3) is 0.265. The minimum atomic E-state index is -0.300. The second kappa shape index (κ2) is 14.4. The maximum atomic E-state index is 14.1. The topological polar surface area (TPSA) is 47.4 Å². The molecule has 1 aliphatic rings. The van der Waals surface area contributed by atoms with Gasteiger partial charge in [0.05, 0.1) is 10.6 Å². The largest absolute Gasteiger partial charge is 0.489 e. The number of aromatic nitrogens is 2. The number of carbonyl (C=O) groups excluding carboxylic acids is 1. The summed E-state index contributed by atoms with van der Waals surface area (Å²) >= 11 is 6.94. The number of carbonyl (C=O) groups is 1. The van der Waals surface area contributed by atoms with Crippen LogP contribution in [0.5, 0.6) is 5.75 Å². The van der Waals surface area contributed by atoms with Crippen LogP contribution in [0.25, 0.3) is 23.0 Å². The van der Waals surface area contributed by atoms with Crippen LogP contribution in [0.2, 0.25) is 0 Å². The molecule has 42 heavy (non-hydrogen) atoms. The van der Waals surface area contributed by atoms with Crippen LogP contribution in [0.15, 0.2) is 90.0 Å². The van der Waals surface area contributed by atoms with E-state index in [-0.39, 0.29) is 18.3 Å². The van der Waals surface area contributed by atoms with E-state index in [1.165, 1.54) is 43.5 Å². The number of hydrogen-bond donors (Lipinski definition) is 0. The Morgan fingerprint density at radius 1 is 0.952 bits per heavy atom. The van der Waals surface area contributed by atoms with Crippen molar-refractivity contribution in [2.45, 2.75) is 52.1 Å². The van der Waals surface area contributed by atoms with Gasteiger partial charge < -0.3 is 4.74 Å². The number of hydrogen-bond acceptors (Lipinski definition) is 5. The van der Waals surface area contributed by atoms with Crippen molar-refractivity contribution in [2.24, 2.45) is 0 Å². The number of rotatable bonds is 13. The average molecular weight is 600 g/mol. The van der Waals surface area contributed by atoms with Gasteiger partial charge in [-0.3, -0.25) is 9.69 Å². The lowest BCUT2D eigenvalue weighted by Crippen LogP contribution is -2.29.